The second-order valence-electron chi connectivity index (χ2n) is 5.68. The van der Waals surface area contributed by atoms with Crippen LogP contribution in [0.25, 0.3) is 11.4 Å². The van der Waals surface area contributed by atoms with Crippen LogP contribution in [0, 0.1) is 5.92 Å². The van der Waals surface area contributed by atoms with Gasteiger partial charge in [-0.25, -0.2) is 0 Å². The van der Waals surface area contributed by atoms with Gasteiger partial charge in [-0.3, -0.25) is 9.59 Å². The van der Waals surface area contributed by atoms with Gasteiger partial charge in [0.25, 0.3) is 0 Å². The summed E-state index contributed by atoms with van der Waals surface area (Å²) in [6.45, 7) is 0.754. The van der Waals surface area contributed by atoms with Crippen molar-refractivity contribution >= 4 is 23.5 Å². The highest BCUT2D eigenvalue weighted by molar-refractivity contribution is 6.30. The molecule has 0 saturated carbocycles. The molecule has 0 spiro atoms. The number of benzene rings is 1. The van der Waals surface area contributed by atoms with Gasteiger partial charge in [-0.2, -0.15) is 4.98 Å². The number of aryl methyl sites for hydroxylation is 1. The molecule has 1 N–H and O–H groups in total. The third kappa shape index (κ3) is 3.73. The molecule has 7 nitrogen and oxygen atoms in total. The number of carboxylic acids is 1. The van der Waals surface area contributed by atoms with Crippen LogP contribution in [-0.4, -0.2) is 45.1 Å². The van der Waals surface area contributed by atoms with Crippen LogP contribution in [0.15, 0.2) is 28.8 Å². The fraction of sp³-hybridized carbons (Fsp3) is 0.375. The number of hydrogen-bond donors (Lipinski definition) is 1. The Kier molecular flexibility index (Phi) is 4.80. The van der Waals surface area contributed by atoms with E-state index < -0.39 is 11.9 Å². The minimum absolute atomic E-state index is 0.0926. The van der Waals surface area contributed by atoms with Crippen molar-refractivity contribution in [3.05, 3.63) is 35.2 Å². The predicted molar refractivity (Wildman–Crippen MR) is 85.4 cm³/mol. The first-order chi connectivity index (χ1) is 11.5. The average molecular weight is 350 g/mol. The average Bonchev–Trinajstić information content (AvgIpc) is 3.23. The Morgan fingerprint density at radius 3 is 2.75 bits per heavy atom. The summed E-state index contributed by atoms with van der Waals surface area (Å²) in [5.74, 6) is -0.586. The van der Waals surface area contributed by atoms with Gasteiger partial charge < -0.3 is 14.5 Å². The maximum Gasteiger partial charge on any atom is 0.308 e. The number of aromatic nitrogens is 2. The minimum Gasteiger partial charge on any atom is -0.481 e. The SMILES string of the molecule is O=C(O)[C@@H]1CCN(C(=O)CCc2nc(-c3ccc(Cl)cc3)no2)C1. The van der Waals surface area contributed by atoms with Crippen LogP contribution in [0.1, 0.15) is 18.7 Å². The van der Waals surface area contributed by atoms with Gasteiger partial charge in [0.15, 0.2) is 0 Å². The zero-order chi connectivity index (χ0) is 17.1. The monoisotopic (exact) mass is 349 g/mol. The Hall–Kier alpha value is -2.41. The van der Waals surface area contributed by atoms with Crippen LogP contribution in [0.2, 0.25) is 5.02 Å². The summed E-state index contributed by atoms with van der Waals surface area (Å²) < 4.78 is 5.16. The molecule has 2 aromatic rings. The number of halogens is 1. The fourth-order valence-electron chi connectivity index (χ4n) is 2.63. The minimum atomic E-state index is -0.852. The van der Waals surface area contributed by atoms with E-state index in [0.29, 0.717) is 36.1 Å². The van der Waals surface area contributed by atoms with Crippen molar-refractivity contribution in [3.63, 3.8) is 0 Å². The Balaban J connectivity index is 1.55. The van der Waals surface area contributed by atoms with Crippen molar-refractivity contribution in [1.29, 1.82) is 0 Å². The maximum atomic E-state index is 12.1. The van der Waals surface area contributed by atoms with Crippen molar-refractivity contribution < 1.29 is 19.2 Å². The van der Waals surface area contributed by atoms with Gasteiger partial charge in [0.05, 0.1) is 5.92 Å². The van der Waals surface area contributed by atoms with Crippen LogP contribution in [-0.2, 0) is 16.0 Å². The number of carbonyl (C=O) groups excluding carboxylic acids is 1. The summed E-state index contributed by atoms with van der Waals surface area (Å²) in [4.78, 5) is 28.9. The number of carbonyl (C=O) groups is 2. The van der Waals surface area contributed by atoms with E-state index in [4.69, 9.17) is 21.2 Å². The Bertz CT molecular complexity index is 744. The van der Waals surface area contributed by atoms with E-state index in [2.05, 4.69) is 10.1 Å². The molecule has 0 bridgehead atoms. The van der Waals surface area contributed by atoms with E-state index in [1.165, 1.54) is 0 Å². The zero-order valence-corrected chi connectivity index (χ0v) is 13.6. The van der Waals surface area contributed by atoms with E-state index in [1.54, 1.807) is 29.2 Å². The third-order valence-electron chi connectivity index (χ3n) is 4.01. The number of likely N-dealkylation sites (tertiary alicyclic amines) is 1. The van der Waals surface area contributed by atoms with Crippen molar-refractivity contribution in [2.45, 2.75) is 19.3 Å². The summed E-state index contributed by atoms with van der Waals surface area (Å²) in [5.41, 5.74) is 0.782. The topological polar surface area (TPSA) is 96.5 Å². The van der Waals surface area contributed by atoms with E-state index >= 15 is 0 Å². The molecule has 1 saturated heterocycles. The Labute approximate surface area is 143 Å². The Morgan fingerprint density at radius 2 is 2.08 bits per heavy atom. The molecule has 1 atom stereocenters. The van der Waals surface area contributed by atoms with Gasteiger partial charge in [-0.05, 0) is 30.7 Å². The van der Waals surface area contributed by atoms with Crippen molar-refractivity contribution in [2.24, 2.45) is 5.92 Å². The van der Waals surface area contributed by atoms with Crippen molar-refractivity contribution in [1.82, 2.24) is 15.0 Å². The summed E-state index contributed by atoms with van der Waals surface area (Å²) in [6, 6.07) is 7.06. The molecule has 1 amide bonds. The van der Waals surface area contributed by atoms with E-state index in [0.717, 1.165) is 5.56 Å². The van der Waals surface area contributed by atoms with Gasteiger partial charge in [0, 0.05) is 36.5 Å². The smallest absolute Gasteiger partial charge is 0.308 e. The number of nitrogens with zero attached hydrogens (tertiary/aromatic N) is 3. The lowest BCUT2D eigenvalue weighted by molar-refractivity contribution is -0.141. The largest absolute Gasteiger partial charge is 0.481 e. The van der Waals surface area contributed by atoms with Crippen LogP contribution in [0.3, 0.4) is 0 Å². The highest BCUT2D eigenvalue weighted by Crippen LogP contribution is 2.20. The molecule has 2 heterocycles. The number of amides is 1. The highest BCUT2D eigenvalue weighted by Gasteiger charge is 2.30. The van der Waals surface area contributed by atoms with Gasteiger partial charge in [-0.15, -0.1) is 0 Å². The summed E-state index contributed by atoms with van der Waals surface area (Å²) >= 11 is 5.84. The van der Waals surface area contributed by atoms with Gasteiger partial charge in [0.1, 0.15) is 0 Å². The number of aliphatic carboxylic acids is 1. The van der Waals surface area contributed by atoms with Crippen molar-refractivity contribution in [2.75, 3.05) is 13.1 Å². The molecule has 0 unspecified atom stereocenters. The van der Waals surface area contributed by atoms with Crippen LogP contribution >= 0.6 is 11.6 Å². The lowest BCUT2D eigenvalue weighted by Gasteiger charge is -2.14. The molecule has 0 radical (unpaired) electrons. The molecule has 24 heavy (non-hydrogen) atoms. The second kappa shape index (κ2) is 7.00. The maximum absolute atomic E-state index is 12.1. The van der Waals surface area contributed by atoms with Crippen LogP contribution < -0.4 is 0 Å². The summed E-state index contributed by atoms with van der Waals surface area (Å²) in [6.07, 6.45) is 1.05. The summed E-state index contributed by atoms with van der Waals surface area (Å²) in [7, 11) is 0. The van der Waals surface area contributed by atoms with E-state index in [-0.39, 0.29) is 18.9 Å². The van der Waals surface area contributed by atoms with Crippen LogP contribution in [0.4, 0.5) is 0 Å². The van der Waals surface area contributed by atoms with Gasteiger partial charge in [-0.1, -0.05) is 16.8 Å². The van der Waals surface area contributed by atoms with E-state index in [1.807, 2.05) is 0 Å². The van der Waals surface area contributed by atoms with Crippen LogP contribution in [0.5, 0.6) is 0 Å². The fourth-order valence-corrected chi connectivity index (χ4v) is 2.76. The van der Waals surface area contributed by atoms with Crippen molar-refractivity contribution in [3.8, 4) is 11.4 Å². The molecule has 1 aromatic heterocycles. The molecule has 126 valence electrons. The lowest BCUT2D eigenvalue weighted by atomic mass is 10.1. The molecule has 1 fully saturated rings. The normalized spacial score (nSPS) is 17.2. The molecular formula is C16H16ClN3O4. The molecular weight excluding hydrogens is 334 g/mol. The first-order valence-electron chi connectivity index (χ1n) is 7.62. The standard InChI is InChI=1S/C16H16ClN3O4/c17-12-3-1-10(2-4-12)15-18-13(24-19-15)5-6-14(21)20-8-7-11(9-20)16(22)23/h1-4,11H,5-9H2,(H,22,23)/t11-/m1/s1. The number of hydrogen-bond acceptors (Lipinski definition) is 5. The molecule has 8 heteroatoms. The first kappa shape index (κ1) is 16.4. The summed E-state index contributed by atoms with van der Waals surface area (Å²) in [5, 5.41) is 13.5. The molecule has 1 aliphatic rings. The quantitative estimate of drug-likeness (QED) is 0.889. The second-order valence-corrected chi connectivity index (χ2v) is 6.12. The number of carboxylic acid groups (broad SMARTS) is 1. The molecule has 1 aromatic carbocycles. The lowest BCUT2D eigenvalue weighted by Crippen LogP contribution is -2.30. The predicted octanol–water partition coefficient (Wildman–Crippen LogP) is 2.26. The molecule has 1 aliphatic heterocycles. The zero-order valence-electron chi connectivity index (χ0n) is 12.8. The van der Waals surface area contributed by atoms with E-state index in [9.17, 15) is 9.59 Å². The number of rotatable bonds is 5. The van der Waals surface area contributed by atoms with Gasteiger partial charge >= 0.3 is 5.97 Å². The Morgan fingerprint density at radius 1 is 1.33 bits per heavy atom. The first-order valence-corrected chi connectivity index (χ1v) is 8.00. The highest BCUT2D eigenvalue weighted by atomic mass is 35.5. The third-order valence-corrected chi connectivity index (χ3v) is 4.27. The molecule has 3 rings (SSSR count). The molecule has 0 aliphatic carbocycles. The van der Waals surface area contributed by atoms with Gasteiger partial charge in [0.2, 0.25) is 17.6 Å².